The third-order valence-electron chi connectivity index (χ3n) is 4.75. The summed E-state index contributed by atoms with van der Waals surface area (Å²) in [5, 5.41) is 2.46. The van der Waals surface area contributed by atoms with Gasteiger partial charge in [-0.1, -0.05) is 38.1 Å². The smallest absolute Gasteiger partial charge is 0.243 e. The highest BCUT2D eigenvalue weighted by Crippen LogP contribution is 2.41. The van der Waals surface area contributed by atoms with Crippen molar-refractivity contribution in [3.05, 3.63) is 71.3 Å². The van der Waals surface area contributed by atoms with Gasteiger partial charge in [-0.2, -0.15) is 0 Å². The molecule has 29 heavy (non-hydrogen) atoms. The van der Waals surface area contributed by atoms with E-state index in [0.29, 0.717) is 12.0 Å². The second-order valence-electron chi connectivity index (χ2n) is 7.51. The Labute approximate surface area is 173 Å². The molecule has 154 valence electrons. The zero-order chi connectivity index (χ0) is 21.0. The van der Waals surface area contributed by atoms with E-state index in [4.69, 9.17) is 0 Å². The van der Waals surface area contributed by atoms with Crippen molar-refractivity contribution in [3.63, 3.8) is 0 Å². The van der Waals surface area contributed by atoms with E-state index in [0.717, 1.165) is 5.56 Å². The van der Waals surface area contributed by atoms with Crippen LogP contribution in [0.1, 0.15) is 36.8 Å². The Morgan fingerprint density at radius 2 is 1.90 bits per heavy atom. The number of hydrogen-bond donors (Lipinski definition) is 1. The summed E-state index contributed by atoms with van der Waals surface area (Å²) in [5.41, 5.74) is 1.44. The molecule has 1 aliphatic rings. The highest BCUT2D eigenvalue weighted by molar-refractivity contribution is 8.00. The van der Waals surface area contributed by atoms with Crippen LogP contribution in [-0.2, 0) is 16.1 Å². The van der Waals surface area contributed by atoms with E-state index in [9.17, 15) is 18.4 Å². The van der Waals surface area contributed by atoms with Crippen LogP contribution in [-0.4, -0.2) is 28.5 Å². The summed E-state index contributed by atoms with van der Waals surface area (Å²) in [6.45, 7) is 4.23. The molecule has 2 aromatic carbocycles. The van der Waals surface area contributed by atoms with Crippen LogP contribution in [0.4, 0.5) is 8.78 Å². The van der Waals surface area contributed by atoms with E-state index in [-0.39, 0.29) is 41.7 Å². The van der Waals surface area contributed by atoms with Gasteiger partial charge in [-0.05, 0) is 47.7 Å². The van der Waals surface area contributed by atoms with Gasteiger partial charge in [0, 0.05) is 6.54 Å². The number of rotatable bonds is 7. The van der Waals surface area contributed by atoms with Crippen LogP contribution in [0.2, 0.25) is 0 Å². The van der Waals surface area contributed by atoms with E-state index < -0.39 is 11.4 Å². The van der Waals surface area contributed by atoms with Crippen LogP contribution >= 0.6 is 11.8 Å². The Balaban J connectivity index is 1.80. The Morgan fingerprint density at radius 3 is 2.55 bits per heavy atom. The summed E-state index contributed by atoms with van der Waals surface area (Å²) in [7, 11) is 0. The normalized spacial score (nSPS) is 17.6. The van der Waals surface area contributed by atoms with Crippen molar-refractivity contribution in [3.8, 4) is 0 Å². The molecule has 2 atom stereocenters. The number of amides is 2. The molecule has 0 radical (unpaired) electrons. The van der Waals surface area contributed by atoms with Gasteiger partial charge >= 0.3 is 0 Å². The molecule has 1 fully saturated rings. The van der Waals surface area contributed by atoms with Gasteiger partial charge < -0.3 is 10.2 Å². The first-order chi connectivity index (χ1) is 13.8. The van der Waals surface area contributed by atoms with Crippen molar-refractivity contribution < 1.29 is 18.4 Å². The summed E-state index contributed by atoms with van der Waals surface area (Å²) in [6, 6.07) is 11.4. The van der Waals surface area contributed by atoms with Crippen molar-refractivity contribution in [2.75, 3.05) is 5.75 Å². The maximum atomic E-state index is 13.7. The quantitative estimate of drug-likeness (QED) is 0.731. The van der Waals surface area contributed by atoms with Crippen LogP contribution in [0.5, 0.6) is 0 Å². The van der Waals surface area contributed by atoms with E-state index in [1.54, 1.807) is 29.2 Å². The van der Waals surface area contributed by atoms with Gasteiger partial charge in [0.05, 0.1) is 5.75 Å². The molecule has 0 saturated carbocycles. The van der Waals surface area contributed by atoms with Crippen LogP contribution in [0, 0.1) is 17.6 Å². The third kappa shape index (κ3) is 5.35. The van der Waals surface area contributed by atoms with Crippen molar-refractivity contribution in [2.45, 2.75) is 38.2 Å². The van der Waals surface area contributed by atoms with E-state index in [1.165, 1.54) is 36.0 Å². The summed E-state index contributed by atoms with van der Waals surface area (Å²) in [6.07, 6.45) is 0.493. The topological polar surface area (TPSA) is 49.4 Å². The van der Waals surface area contributed by atoms with Gasteiger partial charge in [0.25, 0.3) is 0 Å². The van der Waals surface area contributed by atoms with Crippen LogP contribution in [0.3, 0.4) is 0 Å². The highest BCUT2D eigenvalue weighted by Gasteiger charge is 2.41. The highest BCUT2D eigenvalue weighted by atomic mass is 32.2. The lowest BCUT2D eigenvalue weighted by Gasteiger charge is -2.33. The first-order valence-corrected chi connectivity index (χ1v) is 10.6. The number of carbonyl (C=O) groups is 2. The molecule has 0 aromatic heterocycles. The number of thioether (sulfide) groups is 1. The Kier molecular flexibility index (Phi) is 6.90. The lowest BCUT2D eigenvalue weighted by molar-refractivity contribution is -0.139. The molecule has 0 bridgehead atoms. The lowest BCUT2D eigenvalue weighted by atomic mass is 10.0. The fourth-order valence-corrected chi connectivity index (χ4v) is 4.61. The summed E-state index contributed by atoms with van der Waals surface area (Å²) in [4.78, 5) is 27.3. The number of hydrogen-bond acceptors (Lipinski definition) is 3. The summed E-state index contributed by atoms with van der Waals surface area (Å²) < 4.78 is 26.8. The first-order valence-electron chi connectivity index (χ1n) is 9.55. The predicted octanol–water partition coefficient (Wildman–Crippen LogP) is 4.27. The molecule has 0 unspecified atom stereocenters. The first kappa shape index (κ1) is 21.3. The maximum absolute atomic E-state index is 13.7. The van der Waals surface area contributed by atoms with Crippen LogP contribution in [0.25, 0.3) is 0 Å². The van der Waals surface area contributed by atoms with Crippen molar-refractivity contribution in [1.29, 1.82) is 0 Å². The third-order valence-corrected chi connectivity index (χ3v) is 5.98. The number of nitrogens with zero attached hydrogens (tertiary/aromatic N) is 1. The number of carbonyl (C=O) groups excluding carboxylic acids is 2. The molecule has 2 aromatic rings. The Hall–Kier alpha value is -2.41. The van der Waals surface area contributed by atoms with E-state index in [2.05, 4.69) is 5.32 Å². The number of halogens is 2. The molecule has 3 rings (SSSR count). The standard InChI is InChI=1S/C22H24F2N2O2S/c1-14(2)10-19(21(28)25-12-15-6-8-17(23)9-7-15)26-20(27)13-29-22(26)16-4-3-5-18(24)11-16/h3-9,11,14,19,22H,10,12-13H2,1-2H3,(H,25,28)/t19-,22-/m0/s1. The van der Waals surface area contributed by atoms with Gasteiger partial charge in [0.2, 0.25) is 11.8 Å². The molecule has 0 aliphatic carbocycles. The van der Waals surface area contributed by atoms with E-state index in [1.807, 2.05) is 13.8 Å². The summed E-state index contributed by atoms with van der Waals surface area (Å²) in [5.74, 6) is -0.671. The number of nitrogens with one attached hydrogen (secondary N) is 1. The fourth-order valence-electron chi connectivity index (χ4n) is 3.39. The van der Waals surface area contributed by atoms with Crippen LogP contribution < -0.4 is 5.32 Å². The zero-order valence-electron chi connectivity index (χ0n) is 16.4. The zero-order valence-corrected chi connectivity index (χ0v) is 17.2. The second-order valence-corrected chi connectivity index (χ2v) is 8.58. The fraction of sp³-hybridized carbons (Fsp3) is 0.364. The molecule has 1 heterocycles. The van der Waals surface area contributed by atoms with Gasteiger partial charge in [0.15, 0.2) is 0 Å². The average Bonchev–Trinajstić information content (AvgIpc) is 3.06. The minimum absolute atomic E-state index is 0.133. The van der Waals surface area contributed by atoms with Gasteiger partial charge in [-0.15, -0.1) is 11.8 Å². The maximum Gasteiger partial charge on any atom is 0.243 e. The Morgan fingerprint density at radius 1 is 1.17 bits per heavy atom. The number of benzene rings is 2. The van der Waals surface area contributed by atoms with Crippen molar-refractivity contribution in [2.24, 2.45) is 5.92 Å². The van der Waals surface area contributed by atoms with Crippen molar-refractivity contribution >= 4 is 23.6 Å². The lowest BCUT2D eigenvalue weighted by Crippen LogP contribution is -2.49. The SMILES string of the molecule is CC(C)C[C@@H](C(=O)NCc1ccc(F)cc1)N1C(=O)CS[C@H]1c1cccc(F)c1. The minimum Gasteiger partial charge on any atom is -0.350 e. The van der Waals surface area contributed by atoms with Gasteiger partial charge in [-0.3, -0.25) is 9.59 Å². The summed E-state index contributed by atoms with van der Waals surface area (Å²) >= 11 is 1.40. The molecular formula is C22H24F2N2O2S. The molecule has 2 amide bonds. The average molecular weight is 419 g/mol. The van der Waals surface area contributed by atoms with Crippen LogP contribution in [0.15, 0.2) is 48.5 Å². The largest absolute Gasteiger partial charge is 0.350 e. The Bertz CT molecular complexity index is 873. The molecule has 1 N–H and O–H groups in total. The monoisotopic (exact) mass is 418 g/mol. The molecule has 1 saturated heterocycles. The molecular weight excluding hydrogens is 394 g/mol. The molecule has 7 heteroatoms. The van der Waals surface area contributed by atoms with Crippen molar-refractivity contribution in [1.82, 2.24) is 10.2 Å². The second kappa shape index (κ2) is 9.39. The predicted molar refractivity (Wildman–Crippen MR) is 110 cm³/mol. The van der Waals surface area contributed by atoms with Gasteiger partial charge in [0.1, 0.15) is 23.1 Å². The van der Waals surface area contributed by atoms with Gasteiger partial charge in [-0.25, -0.2) is 8.78 Å². The minimum atomic E-state index is -0.661. The molecule has 4 nitrogen and oxygen atoms in total. The molecule has 1 aliphatic heterocycles. The molecule has 0 spiro atoms. The van der Waals surface area contributed by atoms with E-state index >= 15 is 0 Å².